The highest BCUT2D eigenvalue weighted by atomic mass is 16.4. The lowest BCUT2D eigenvalue weighted by molar-refractivity contribution is -0.137. The Morgan fingerprint density at radius 2 is 1.06 bits per heavy atom. The largest absolute Gasteiger partial charge is 0.481 e. The van der Waals surface area contributed by atoms with Gasteiger partial charge in [0.2, 0.25) is 0 Å². The molecule has 0 fully saturated rings. The minimum absolute atomic E-state index is 0.320. The Morgan fingerprint density at radius 3 is 1.53 bits per heavy atom. The molecule has 0 saturated heterocycles. The van der Waals surface area contributed by atoms with Crippen molar-refractivity contribution in [1.29, 1.82) is 0 Å². The van der Waals surface area contributed by atoms with Crippen LogP contribution in [-0.4, -0.2) is 22.8 Å². The number of carbonyl (C=O) groups is 1. The fraction of sp³-hybridized carbons (Fsp3) is 0.828. The van der Waals surface area contributed by atoms with Gasteiger partial charge in [-0.1, -0.05) is 115 Å². The molecule has 0 bridgehead atoms. The summed E-state index contributed by atoms with van der Waals surface area (Å²) in [6, 6.07) is 0. The highest BCUT2D eigenvalue weighted by Crippen LogP contribution is 2.16. The number of aliphatic carboxylic acids is 1. The first-order valence-corrected chi connectivity index (χ1v) is 13.8. The van der Waals surface area contributed by atoms with Crippen molar-refractivity contribution in [1.82, 2.24) is 0 Å². The summed E-state index contributed by atoms with van der Waals surface area (Å²) in [4.78, 5) is 10.6. The first kappa shape index (κ1) is 30.9. The zero-order valence-electron chi connectivity index (χ0n) is 21.2. The van der Waals surface area contributed by atoms with Crippen LogP contribution in [0.25, 0.3) is 0 Å². The molecule has 0 saturated carbocycles. The SMILES string of the molecule is CC(CCCCCCCCC/C=C/C/C=C/CCCCCCCCCCO)CCC(=O)O. The number of carboxylic acids is 1. The molecule has 1 unspecified atom stereocenters. The summed E-state index contributed by atoms with van der Waals surface area (Å²) < 4.78 is 0. The van der Waals surface area contributed by atoms with Gasteiger partial charge in [-0.2, -0.15) is 0 Å². The summed E-state index contributed by atoms with van der Waals surface area (Å²) in [7, 11) is 0. The van der Waals surface area contributed by atoms with E-state index in [4.69, 9.17) is 10.2 Å². The van der Waals surface area contributed by atoms with E-state index in [-0.39, 0.29) is 0 Å². The van der Waals surface area contributed by atoms with Crippen LogP contribution >= 0.6 is 0 Å². The number of allylic oxidation sites excluding steroid dienone is 4. The topological polar surface area (TPSA) is 57.5 Å². The Morgan fingerprint density at radius 1 is 0.625 bits per heavy atom. The molecule has 0 rings (SSSR count). The van der Waals surface area contributed by atoms with Gasteiger partial charge < -0.3 is 10.2 Å². The predicted octanol–water partition coefficient (Wildman–Crippen LogP) is 9.00. The van der Waals surface area contributed by atoms with Crippen molar-refractivity contribution >= 4 is 5.97 Å². The summed E-state index contributed by atoms with van der Waals surface area (Å²) in [5.74, 6) is -0.112. The third-order valence-corrected chi connectivity index (χ3v) is 6.30. The fourth-order valence-corrected chi connectivity index (χ4v) is 4.09. The van der Waals surface area contributed by atoms with Gasteiger partial charge in [0, 0.05) is 13.0 Å². The van der Waals surface area contributed by atoms with Crippen molar-refractivity contribution in [2.45, 2.75) is 142 Å². The maximum Gasteiger partial charge on any atom is 0.303 e. The highest BCUT2D eigenvalue weighted by Gasteiger charge is 2.05. The zero-order valence-corrected chi connectivity index (χ0v) is 21.2. The van der Waals surface area contributed by atoms with Gasteiger partial charge in [-0.05, 0) is 50.9 Å². The second-order valence-electron chi connectivity index (χ2n) is 9.61. The van der Waals surface area contributed by atoms with Gasteiger partial charge in [0.25, 0.3) is 0 Å². The average molecular weight is 451 g/mol. The molecule has 0 aliphatic heterocycles. The van der Waals surface area contributed by atoms with Crippen molar-refractivity contribution in [3.63, 3.8) is 0 Å². The average Bonchev–Trinajstić information content (AvgIpc) is 2.78. The molecule has 32 heavy (non-hydrogen) atoms. The van der Waals surface area contributed by atoms with E-state index in [0.717, 1.165) is 19.3 Å². The number of carboxylic acid groups (broad SMARTS) is 1. The lowest BCUT2D eigenvalue weighted by Crippen LogP contribution is -2.01. The van der Waals surface area contributed by atoms with Crippen LogP contribution in [0, 0.1) is 5.92 Å². The molecule has 0 aromatic carbocycles. The molecule has 3 nitrogen and oxygen atoms in total. The molecule has 0 heterocycles. The van der Waals surface area contributed by atoms with Crippen molar-refractivity contribution in [2.24, 2.45) is 5.92 Å². The van der Waals surface area contributed by atoms with E-state index in [0.29, 0.717) is 18.9 Å². The maximum absolute atomic E-state index is 10.6. The molecule has 0 aromatic heterocycles. The number of unbranched alkanes of at least 4 members (excludes halogenated alkanes) is 15. The molecular weight excluding hydrogens is 396 g/mol. The van der Waals surface area contributed by atoms with Crippen LogP contribution in [0.4, 0.5) is 0 Å². The summed E-state index contributed by atoms with van der Waals surface area (Å²) in [5.41, 5.74) is 0. The van der Waals surface area contributed by atoms with Gasteiger partial charge in [0.05, 0.1) is 0 Å². The minimum atomic E-state index is -0.664. The van der Waals surface area contributed by atoms with Crippen LogP contribution < -0.4 is 0 Å². The van der Waals surface area contributed by atoms with Crippen LogP contribution in [-0.2, 0) is 4.79 Å². The van der Waals surface area contributed by atoms with Gasteiger partial charge in [-0.15, -0.1) is 0 Å². The maximum atomic E-state index is 10.6. The minimum Gasteiger partial charge on any atom is -0.481 e. The molecule has 0 aromatic rings. The number of hydrogen-bond acceptors (Lipinski definition) is 2. The van der Waals surface area contributed by atoms with Crippen LogP contribution in [0.2, 0.25) is 0 Å². The van der Waals surface area contributed by atoms with Gasteiger partial charge in [-0.25, -0.2) is 0 Å². The van der Waals surface area contributed by atoms with Crippen molar-refractivity contribution < 1.29 is 15.0 Å². The van der Waals surface area contributed by atoms with E-state index in [1.54, 1.807) is 0 Å². The van der Waals surface area contributed by atoms with E-state index in [2.05, 4.69) is 31.2 Å². The van der Waals surface area contributed by atoms with Gasteiger partial charge in [-0.3, -0.25) is 4.79 Å². The Kier molecular flexibility index (Phi) is 25.3. The number of aliphatic hydroxyl groups excluding tert-OH is 1. The van der Waals surface area contributed by atoms with Crippen LogP contribution in [0.3, 0.4) is 0 Å². The molecule has 188 valence electrons. The van der Waals surface area contributed by atoms with Crippen molar-refractivity contribution in [3.05, 3.63) is 24.3 Å². The molecule has 0 radical (unpaired) electrons. The zero-order chi connectivity index (χ0) is 23.5. The summed E-state index contributed by atoms with van der Waals surface area (Å²) in [6.45, 7) is 2.53. The first-order valence-electron chi connectivity index (χ1n) is 13.8. The number of hydrogen-bond donors (Lipinski definition) is 2. The molecule has 3 heteroatoms. The predicted molar refractivity (Wildman–Crippen MR) is 139 cm³/mol. The Hall–Kier alpha value is -1.09. The van der Waals surface area contributed by atoms with Gasteiger partial charge >= 0.3 is 5.97 Å². The standard InChI is InChI=1S/C29H54O3/c1-28(25-26-29(31)32)24-22-20-18-16-14-12-10-8-6-4-2-3-5-7-9-11-13-15-17-19-21-23-27-30/h3-6,28,30H,2,7-27H2,1H3,(H,31,32)/b5-3+,6-4+. The molecule has 0 aliphatic carbocycles. The van der Waals surface area contributed by atoms with Crippen LogP contribution in [0.15, 0.2) is 24.3 Å². The number of aliphatic hydroxyl groups is 1. The van der Waals surface area contributed by atoms with E-state index in [1.807, 2.05) is 0 Å². The van der Waals surface area contributed by atoms with Crippen LogP contribution in [0.1, 0.15) is 142 Å². The third kappa shape index (κ3) is 26.9. The van der Waals surface area contributed by atoms with E-state index in [1.165, 1.54) is 109 Å². The van der Waals surface area contributed by atoms with Crippen molar-refractivity contribution in [2.75, 3.05) is 6.61 Å². The van der Waals surface area contributed by atoms with Crippen molar-refractivity contribution in [3.8, 4) is 0 Å². The third-order valence-electron chi connectivity index (χ3n) is 6.30. The summed E-state index contributed by atoms with van der Waals surface area (Å²) in [6.07, 6.45) is 34.6. The van der Waals surface area contributed by atoms with Crippen LogP contribution in [0.5, 0.6) is 0 Å². The molecule has 0 aliphatic rings. The normalized spacial score (nSPS) is 12.8. The smallest absolute Gasteiger partial charge is 0.303 e. The highest BCUT2D eigenvalue weighted by molar-refractivity contribution is 5.66. The molecule has 0 amide bonds. The van der Waals surface area contributed by atoms with E-state index < -0.39 is 5.97 Å². The Labute approximate surface area is 199 Å². The molecular formula is C29H54O3. The first-order chi connectivity index (χ1) is 15.7. The lowest BCUT2D eigenvalue weighted by Gasteiger charge is -2.09. The van der Waals surface area contributed by atoms with Gasteiger partial charge in [0.1, 0.15) is 0 Å². The summed E-state index contributed by atoms with van der Waals surface area (Å²) in [5, 5.41) is 17.5. The van der Waals surface area contributed by atoms with Gasteiger partial charge in [0.15, 0.2) is 0 Å². The molecule has 1 atom stereocenters. The van der Waals surface area contributed by atoms with E-state index >= 15 is 0 Å². The van der Waals surface area contributed by atoms with E-state index in [9.17, 15) is 4.79 Å². The molecule has 0 spiro atoms. The Balaban J connectivity index is 3.23. The summed E-state index contributed by atoms with van der Waals surface area (Å²) >= 11 is 0. The Bertz CT molecular complexity index is 442. The molecule has 2 N–H and O–H groups in total. The number of rotatable bonds is 25. The fourth-order valence-electron chi connectivity index (χ4n) is 4.09. The quantitative estimate of drug-likeness (QED) is 0.108. The second-order valence-corrected chi connectivity index (χ2v) is 9.61. The second kappa shape index (κ2) is 26.2. The lowest BCUT2D eigenvalue weighted by atomic mass is 9.97. The monoisotopic (exact) mass is 450 g/mol.